The summed E-state index contributed by atoms with van der Waals surface area (Å²) < 4.78 is 0. The van der Waals surface area contributed by atoms with Crippen molar-refractivity contribution < 1.29 is 0 Å². The molecular formula is C17H20N2S. The van der Waals surface area contributed by atoms with Crippen molar-refractivity contribution in [1.29, 1.82) is 0 Å². The van der Waals surface area contributed by atoms with Crippen molar-refractivity contribution in [2.45, 2.75) is 32.9 Å². The van der Waals surface area contributed by atoms with E-state index in [1.165, 1.54) is 26.2 Å². The maximum absolute atomic E-state index is 3.61. The van der Waals surface area contributed by atoms with E-state index in [0.29, 0.717) is 6.04 Å². The first-order valence-corrected chi connectivity index (χ1v) is 7.87. The summed E-state index contributed by atoms with van der Waals surface area (Å²) >= 11 is 1.90. The van der Waals surface area contributed by atoms with Crippen molar-refractivity contribution in [3.8, 4) is 0 Å². The predicted octanol–water partition coefficient (Wildman–Crippen LogP) is 4.26. The highest BCUT2D eigenvalue weighted by atomic mass is 32.1. The molecule has 0 saturated carbocycles. The zero-order chi connectivity index (χ0) is 13.9. The third-order valence-electron chi connectivity index (χ3n) is 3.58. The second-order valence-electron chi connectivity index (χ2n) is 5.40. The first-order valence-electron chi connectivity index (χ1n) is 7.05. The minimum atomic E-state index is 0.495. The molecule has 0 radical (unpaired) electrons. The fraction of sp³-hybridized carbons (Fsp3) is 0.294. The Kier molecular flexibility index (Phi) is 3.90. The summed E-state index contributed by atoms with van der Waals surface area (Å²) in [6.07, 6.45) is 3.09. The van der Waals surface area contributed by atoms with Crippen LogP contribution in [0, 0.1) is 6.92 Å². The molecule has 104 valence electrons. The molecule has 3 heteroatoms. The number of benzene rings is 1. The summed E-state index contributed by atoms with van der Waals surface area (Å²) in [4.78, 5) is 6.08. The summed E-state index contributed by atoms with van der Waals surface area (Å²) in [6.45, 7) is 5.34. The zero-order valence-corrected chi connectivity index (χ0v) is 12.8. The average Bonchev–Trinajstić information content (AvgIpc) is 3.04. The Labute approximate surface area is 123 Å². The summed E-state index contributed by atoms with van der Waals surface area (Å²) in [7, 11) is 0. The van der Waals surface area contributed by atoms with E-state index in [0.717, 1.165) is 13.0 Å². The maximum Gasteiger partial charge on any atom is 0.0454 e. The largest absolute Gasteiger partial charge is 0.361 e. The van der Waals surface area contributed by atoms with Crippen molar-refractivity contribution in [1.82, 2.24) is 10.3 Å². The van der Waals surface area contributed by atoms with Gasteiger partial charge in [0.05, 0.1) is 0 Å². The minimum absolute atomic E-state index is 0.495. The van der Waals surface area contributed by atoms with Gasteiger partial charge < -0.3 is 10.3 Å². The molecule has 2 aromatic heterocycles. The number of H-pyrrole nitrogens is 1. The Morgan fingerprint density at radius 1 is 1.20 bits per heavy atom. The van der Waals surface area contributed by atoms with E-state index >= 15 is 0 Å². The number of aromatic nitrogens is 1. The molecule has 0 aliphatic carbocycles. The molecule has 1 aromatic carbocycles. The van der Waals surface area contributed by atoms with Gasteiger partial charge in [-0.25, -0.2) is 0 Å². The van der Waals surface area contributed by atoms with Crippen LogP contribution >= 0.6 is 11.3 Å². The van der Waals surface area contributed by atoms with Gasteiger partial charge in [0, 0.05) is 34.1 Å². The number of aromatic amines is 1. The molecule has 0 fully saturated rings. The number of hydrogen-bond acceptors (Lipinski definition) is 2. The Morgan fingerprint density at radius 2 is 2.10 bits per heavy atom. The molecule has 3 rings (SSSR count). The Hall–Kier alpha value is -1.58. The molecule has 2 nitrogen and oxygen atoms in total. The molecule has 0 spiro atoms. The van der Waals surface area contributed by atoms with Gasteiger partial charge in [-0.15, -0.1) is 11.3 Å². The van der Waals surface area contributed by atoms with Crippen LogP contribution in [-0.2, 0) is 13.0 Å². The molecule has 0 aliphatic rings. The zero-order valence-electron chi connectivity index (χ0n) is 11.9. The first kappa shape index (κ1) is 13.4. The number of rotatable bonds is 5. The molecular weight excluding hydrogens is 264 g/mol. The lowest BCUT2D eigenvalue weighted by atomic mass is 10.1. The van der Waals surface area contributed by atoms with Gasteiger partial charge in [-0.1, -0.05) is 6.07 Å². The lowest BCUT2D eigenvalue weighted by molar-refractivity contribution is 0.549. The molecule has 1 atom stereocenters. The third kappa shape index (κ3) is 3.11. The summed E-state index contributed by atoms with van der Waals surface area (Å²) in [5, 5.41) is 4.89. The topological polar surface area (TPSA) is 27.8 Å². The van der Waals surface area contributed by atoms with Crippen LogP contribution in [0.15, 0.2) is 42.6 Å². The molecule has 0 amide bonds. The van der Waals surface area contributed by atoms with E-state index < -0.39 is 0 Å². The van der Waals surface area contributed by atoms with Crippen LogP contribution in [0.2, 0.25) is 0 Å². The lowest BCUT2D eigenvalue weighted by Gasteiger charge is -2.13. The quantitative estimate of drug-likeness (QED) is 0.720. The minimum Gasteiger partial charge on any atom is -0.361 e. The van der Waals surface area contributed by atoms with Gasteiger partial charge in [-0.3, -0.25) is 0 Å². The van der Waals surface area contributed by atoms with E-state index in [2.05, 4.69) is 60.5 Å². The number of nitrogens with one attached hydrogen (secondary N) is 2. The molecule has 0 aliphatic heterocycles. The molecule has 3 aromatic rings. The van der Waals surface area contributed by atoms with Crippen LogP contribution in [0.4, 0.5) is 0 Å². The van der Waals surface area contributed by atoms with Crippen LogP contribution in [0.25, 0.3) is 10.9 Å². The fourth-order valence-corrected chi connectivity index (χ4v) is 3.49. The van der Waals surface area contributed by atoms with Gasteiger partial charge >= 0.3 is 0 Å². The van der Waals surface area contributed by atoms with Gasteiger partial charge in [-0.2, -0.15) is 0 Å². The molecule has 1 unspecified atom stereocenters. The van der Waals surface area contributed by atoms with Crippen LogP contribution in [0.3, 0.4) is 0 Å². The third-order valence-corrected chi connectivity index (χ3v) is 4.60. The number of fused-ring (bicyclic) bond motifs is 1. The summed E-state index contributed by atoms with van der Waals surface area (Å²) in [5.41, 5.74) is 2.54. The van der Waals surface area contributed by atoms with E-state index in [1.807, 2.05) is 17.5 Å². The molecule has 20 heavy (non-hydrogen) atoms. The first-order chi connectivity index (χ1) is 9.70. The second-order valence-corrected chi connectivity index (χ2v) is 6.77. The molecule has 0 bridgehead atoms. The molecule has 0 saturated heterocycles. The Balaban J connectivity index is 1.58. The average molecular weight is 284 g/mol. The van der Waals surface area contributed by atoms with Gasteiger partial charge in [0.15, 0.2) is 0 Å². The van der Waals surface area contributed by atoms with E-state index in [9.17, 15) is 0 Å². The Morgan fingerprint density at radius 3 is 2.90 bits per heavy atom. The molecule has 2 heterocycles. The standard InChI is InChI=1S/C17H20N2S/c1-12(9-16-5-3-13(2)20-16)19-11-14-4-6-17-15(10-14)7-8-18-17/h3-8,10,12,18-19H,9,11H2,1-2H3. The van der Waals surface area contributed by atoms with E-state index in [4.69, 9.17) is 0 Å². The van der Waals surface area contributed by atoms with Crippen molar-refractivity contribution in [3.05, 3.63) is 57.9 Å². The SMILES string of the molecule is Cc1ccc(CC(C)NCc2ccc3[nH]ccc3c2)s1. The fourth-order valence-electron chi connectivity index (χ4n) is 2.47. The van der Waals surface area contributed by atoms with Gasteiger partial charge in [0.25, 0.3) is 0 Å². The monoisotopic (exact) mass is 284 g/mol. The number of thiophene rings is 1. The molecule has 2 N–H and O–H groups in total. The maximum atomic E-state index is 3.61. The smallest absolute Gasteiger partial charge is 0.0454 e. The van der Waals surface area contributed by atoms with E-state index in [1.54, 1.807) is 0 Å². The van der Waals surface area contributed by atoms with Crippen LogP contribution in [-0.4, -0.2) is 11.0 Å². The van der Waals surface area contributed by atoms with Crippen molar-refractivity contribution in [2.24, 2.45) is 0 Å². The highest BCUT2D eigenvalue weighted by molar-refractivity contribution is 7.11. The van der Waals surface area contributed by atoms with E-state index in [-0.39, 0.29) is 0 Å². The predicted molar refractivity (Wildman–Crippen MR) is 87.4 cm³/mol. The highest BCUT2D eigenvalue weighted by Gasteiger charge is 2.05. The van der Waals surface area contributed by atoms with Gasteiger partial charge in [0.2, 0.25) is 0 Å². The van der Waals surface area contributed by atoms with Crippen molar-refractivity contribution in [2.75, 3.05) is 0 Å². The summed E-state index contributed by atoms with van der Waals surface area (Å²) in [6, 6.07) is 13.6. The van der Waals surface area contributed by atoms with Crippen LogP contribution < -0.4 is 5.32 Å². The summed E-state index contributed by atoms with van der Waals surface area (Å²) in [5.74, 6) is 0. The van der Waals surface area contributed by atoms with Crippen molar-refractivity contribution in [3.63, 3.8) is 0 Å². The van der Waals surface area contributed by atoms with Gasteiger partial charge in [-0.05, 0) is 61.5 Å². The van der Waals surface area contributed by atoms with Crippen LogP contribution in [0.5, 0.6) is 0 Å². The second kappa shape index (κ2) is 5.81. The normalized spacial score (nSPS) is 12.9. The number of hydrogen-bond donors (Lipinski definition) is 2. The Bertz CT molecular complexity index is 696. The lowest BCUT2D eigenvalue weighted by Crippen LogP contribution is -2.27. The highest BCUT2D eigenvalue weighted by Crippen LogP contribution is 2.17. The number of aryl methyl sites for hydroxylation is 1. The van der Waals surface area contributed by atoms with Crippen LogP contribution in [0.1, 0.15) is 22.2 Å². The van der Waals surface area contributed by atoms with Crippen molar-refractivity contribution >= 4 is 22.2 Å². The van der Waals surface area contributed by atoms with Gasteiger partial charge in [0.1, 0.15) is 0 Å².